The third-order valence-corrected chi connectivity index (χ3v) is 7.85. The van der Waals surface area contributed by atoms with E-state index in [2.05, 4.69) is 20.8 Å². The van der Waals surface area contributed by atoms with Gasteiger partial charge >= 0.3 is 6.09 Å². The third kappa shape index (κ3) is 6.61. The molecule has 1 fully saturated rings. The predicted octanol–water partition coefficient (Wildman–Crippen LogP) is 1.86. The maximum atomic E-state index is 12.6. The molecule has 1 aromatic heterocycles. The quantitative estimate of drug-likeness (QED) is 0.422. The molecule has 31 heavy (non-hydrogen) atoms. The number of sulfonamides is 1. The first kappa shape index (κ1) is 23.4. The van der Waals surface area contributed by atoms with Crippen LogP contribution in [-0.2, 0) is 24.3 Å². The van der Waals surface area contributed by atoms with E-state index < -0.39 is 16.1 Å². The van der Waals surface area contributed by atoms with Gasteiger partial charge in [-0.05, 0) is 31.2 Å². The van der Waals surface area contributed by atoms with Crippen LogP contribution in [-0.4, -0.2) is 73.6 Å². The van der Waals surface area contributed by atoms with Crippen molar-refractivity contribution >= 4 is 55.9 Å². The van der Waals surface area contributed by atoms with Crippen LogP contribution in [0.25, 0.3) is 0 Å². The van der Waals surface area contributed by atoms with E-state index in [4.69, 9.17) is 9.47 Å². The topological polar surface area (TPSA) is 140 Å². The Bertz CT molecular complexity index is 1010. The van der Waals surface area contributed by atoms with E-state index in [1.54, 1.807) is 19.1 Å². The number of aromatic nitrogens is 2. The summed E-state index contributed by atoms with van der Waals surface area (Å²) in [5.41, 5.74) is 0.480. The summed E-state index contributed by atoms with van der Waals surface area (Å²) in [5.74, 6) is -0.217. The van der Waals surface area contributed by atoms with Crippen molar-refractivity contribution in [3.63, 3.8) is 0 Å². The molecule has 2 N–H and O–H groups in total. The maximum Gasteiger partial charge on any atom is 0.413 e. The molecule has 1 aromatic carbocycles. The van der Waals surface area contributed by atoms with Crippen molar-refractivity contribution in [3.8, 4) is 0 Å². The monoisotopic (exact) mass is 487 g/mol. The molecule has 2 aromatic rings. The molecule has 0 saturated carbocycles. The molecule has 14 heteroatoms. The molecule has 2 amide bonds. The van der Waals surface area contributed by atoms with Crippen LogP contribution in [0, 0.1) is 0 Å². The second kappa shape index (κ2) is 10.9. The molecule has 0 atom stereocenters. The lowest BCUT2D eigenvalue weighted by atomic mass is 10.3. The number of thioether (sulfide) groups is 1. The molecule has 11 nitrogen and oxygen atoms in total. The van der Waals surface area contributed by atoms with E-state index in [1.807, 2.05) is 0 Å². The van der Waals surface area contributed by atoms with Crippen LogP contribution in [0.2, 0.25) is 0 Å². The summed E-state index contributed by atoms with van der Waals surface area (Å²) in [7, 11) is -3.58. The molecular formula is C17H21N5O6S3. The zero-order chi connectivity index (χ0) is 22.3. The maximum absolute atomic E-state index is 12.6. The number of rotatable bonds is 8. The molecule has 0 unspecified atom stereocenters. The highest BCUT2D eigenvalue weighted by Gasteiger charge is 2.26. The summed E-state index contributed by atoms with van der Waals surface area (Å²) in [6, 6.07) is 6.02. The fourth-order valence-corrected chi connectivity index (χ4v) is 5.49. The Kier molecular flexibility index (Phi) is 8.20. The van der Waals surface area contributed by atoms with Gasteiger partial charge in [-0.15, -0.1) is 10.2 Å². The first-order valence-electron chi connectivity index (χ1n) is 9.26. The highest BCUT2D eigenvalue weighted by Crippen LogP contribution is 2.26. The van der Waals surface area contributed by atoms with E-state index in [9.17, 15) is 18.0 Å². The summed E-state index contributed by atoms with van der Waals surface area (Å²) < 4.78 is 37.1. The van der Waals surface area contributed by atoms with Crippen LogP contribution in [0.4, 0.5) is 15.6 Å². The molecule has 0 radical (unpaired) electrons. The number of hydrogen-bond acceptors (Lipinski definition) is 10. The molecule has 3 rings (SSSR count). The zero-order valence-electron chi connectivity index (χ0n) is 16.6. The number of nitrogens with one attached hydrogen (secondary N) is 2. The van der Waals surface area contributed by atoms with Gasteiger partial charge in [-0.25, -0.2) is 13.2 Å². The number of ether oxygens (including phenoxy) is 2. The minimum absolute atomic E-state index is 0.0713. The van der Waals surface area contributed by atoms with Gasteiger partial charge in [-0.2, -0.15) is 4.31 Å². The van der Waals surface area contributed by atoms with Crippen molar-refractivity contribution in [2.75, 3.05) is 49.3 Å². The van der Waals surface area contributed by atoms with Crippen molar-refractivity contribution in [3.05, 3.63) is 24.3 Å². The highest BCUT2D eigenvalue weighted by atomic mass is 32.2. The molecule has 0 bridgehead atoms. The van der Waals surface area contributed by atoms with Gasteiger partial charge in [0.15, 0.2) is 4.34 Å². The largest absolute Gasteiger partial charge is 0.450 e. The van der Waals surface area contributed by atoms with Crippen molar-refractivity contribution in [2.24, 2.45) is 0 Å². The van der Waals surface area contributed by atoms with Gasteiger partial charge in [-0.3, -0.25) is 10.1 Å². The predicted molar refractivity (Wildman–Crippen MR) is 116 cm³/mol. The number of morpholine rings is 1. The summed E-state index contributed by atoms with van der Waals surface area (Å²) >= 11 is 2.28. The third-order valence-electron chi connectivity index (χ3n) is 3.96. The summed E-state index contributed by atoms with van der Waals surface area (Å²) in [6.45, 7) is 3.32. The molecule has 168 valence electrons. The van der Waals surface area contributed by atoms with Crippen molar-refractivity contribution in [1.82, 2.24) is 14.5 Å². The van der Waals surface area contributed by atoms with Crippen molar-refractivity contribution in [1.29, 1.82) is 0 Å². The Morgan fingerprint density at radius 1 is 1.19 bits per heavy atom. The number of carbonyl (C=O) groups is 2. The fourth-order valence-electron chi connectivity index (χ4n) is 2.54. The van der Waals surface area contributed by atoms with Crippen molar-refractivity contribution < 1.29 is 27.5 Å². The standard InChI is InChI=1S/C17H21N5O6S3/c1-2-28-16(24)19-15-20-21-17(30-15)29-11-14(23)18-12-3-5-13(6-4-12)31(25,26)22-7-9-27-10-8-22/h3-6H,2,7-11H2,1H3,(H,18,23)(H,19,20,24). The van der Waals surface area contributed by atoms with Crippen LogP contribution in [0.3, 0.4) is 0 Å². The summed E-state index contributed by atoms with van der Waals surface area (Å²) in [6.07, 6.45) is -0.618. The van der Waals surface area contributed by atoms with Crippen LogP contribution in [0.15, 0.2) is 33.5 Å². The average Bonchev–Trinajstić information content (AvgIpc) is 3.20. The van der Waals surface area contributed by atoms with Gasteiger partial charge in [0, 0.05) is 18.8 Å². The number of benzene rings is 1. The molecule has 1 aliphatic heterocycles. The van der Waals surface area contributed by atoms with Crippen LogP contribution in [0.1, 0.15) is 6.92 Å². The molecule has 1 saturated heterocycles. The van der Waals surface area contributed by atoms with Crippen LogP contribution < -0.4 is 10.6 Å². The minimum Gasteiger partial charge on any atom is -0.450 e. The van der Waals surface area contributed by atoms with E-state index >= 15 is 0 Å². The minimum atomic E-state index is -3.58. The second-order valence-corrected chi connectivity index (χ2v) is 10.2. The van der Waals surface area contributed by atoms with E-state index in [0.29, 0.717) is 36.3 Å². The van der Waals surface area contributed by atoms with Crippen LogP contribution >= 0.6 is 23.1 Å². The lowest BCUT2D eigenvalue weighted by molar-refractivity contribution is -0.113. The molecule has 2 heterocycles. The Hall–Kier alpha value is -2.26. The number of anilines is 2. The first-order chi connectivity index (χ1) is 14.9. The Labute approximate surface area is 187 Å². The van der Waals surface area contributed by atoms with Crippen LogP contribution in [0.5, 0.6) is 0 Å². The molecule has 1 aliphatic rings. The second-order valence-electron chi connectivity index (χ2n) is 6.10. The molecule has 0 aliphatic carbocycles. The van der Waals surface area contributed by atoms with E-state index in [1.165, 1.54) is 16.4 Å². The smallest absolute Gasteiger partial charge is 0.413 e. The zero-order valence-corrected chi connectivity index (χ0v) is 19.0. The van der Waals surface area contributed by atoms with Gasteiger partial charge in [0.1, 0.15) is 0 Å². The van der Waals surface area contributed by atoms with Gasteiger partial charge < -0.3 is 14.8 Å². The average molecular weight is 488 g/mol. The van der Waals surface area contributed by atoms with E-state index in [-0.39, 0.29) is 28.3 Å². The van der Waals surface area contributed by atoms with Gasteiger partial charge in [-0.1, -0.05) is 23.1 Å². The molecule has 0 spiro atoms. The number of hydrogen-bond donors (Lipinski definition) is 2. The normalized spacial score (nSPS) is 14.7. The van der Waals surface area contributed by atoms with Gasteiger partial charge in [0.05, 0.1) is 30.5 Å². The SMILES string of the molecule is CCOC(=O)Nc1nnc(SCC(=O)Nc2ccc(S(=O)(=O)N3CCOCC3)cc2)s1. The number of nitrogens with zero attached hydrogens (tertiary/aromatic N) is 3. The molecular weight excluding hydrogens is 466 g/mol. The van der Waals surface area contributed by atoms with Gasteiger partial charge in [0.2, 0.25) is 21.1 Å². The summed E-state index contributed by atoms with van der Waals surface area (Å²) in [5, 5.41) is 13.1. The lowest BCUT2D eigenvalue weighted by Crippen LogP contribution is -2.40. The first-order valence-corrected chi connectivity index (χ1v) is 12.5. The number of carbonyl (C=O) groups excluding carboxylic acids is 2. The van der Waals surface area contributed by atoms with Crippen molar-refractivity contribution in [2.45, 2.75) is 16.2 Å². The highest BCUT2D eigenvalue weighted by molar-refractivity contribution is 8.01. The number of amides is 2. The Morgan fingerprint density at radius 2 is 1.90 bits per heavy atom. The van der Waals surface area contributed by atoms with Gasteiger partial charge in [0.25, 0.3) is 0 Å². The Balaban J connectivity index is 1.50. The Morgan fingerprint density at radius 3 is 2.58 bits per heavy atom. The lowest BCUT2D eigenvalue weighted by Gasteiger charge is -2.26. The fraction of sp³-hybridized carbons (Fsp3) is 0.412. The summed E-state index contributed by atoms with van der Waals surface area (Å²) in [4.78, 5) is 23.7. The van der Waals surface area contributed by atoms with E-state index in [0.717, 1.165) is 23.1 Å².